The van der Waals surface area contributed by atoms with E-state index in [4.69, 9.17) is 4.74 Å². The molecule has 0 unspecified atom stereocenters. The minimum absolute atomic E-state index is 0.131. The Bertz CT molecular complexity index is 394. The summed E-state index contributed by atoms with van der Waals surface area (Å²) in [5.74, 6) is -0.104. The van der Waals surface area contributed by atoms with E-state index in [1.807, 2.05) is 13.8 Å². The summed E-state index contributed by atoms with van der Waals surface area (Å²) in [5, 5.41) is 0. The largest absolute Gasteiger partial charge is 0.454 e. The number of hydrogen-bond acceptors (Lipinski definition) is 3. The Morgan fingerprint density at radius 3 is 2.59 bits per heavy atom. The molecule has 3 nitrogen and oxygen atoms in total. The van der Waals surface area contributed by atoms with Gasteiger partial charge in [0.15, 0.2) is 5.78 Å². The molecule has 0 aromatic heterocycles. The van der Waals surface area contributed by atoms with Gasteiger partial charge >= 0.3 is 5.97 Å². The fraction of sp³-hybridized carbons (Fsp3) is 0.714. The van der Waals surface area contributed by atoms with Gasteiger partial charge in [-0.1, -0.05) is 19.8 Å². The number of carbonyl (C=O) groups excluding carboxylic acids is 2. The minimum Gasteiger partial charge on any atom is -0.454 e. The van der Waals surface area contributed by atoms with Gasteiger partial charge in [0, 0.05) is 12.8 Å². The van der Waals surface area contributed by atoms with Crippen molar-refractivity contribution in [3.8, 4) is 0 Å². The molecule has 2 atom stereocenters. The summed E-state index contributed by atoms with van der Waals surface area (Å²) >= 11 is 0. The van der Waals surface area contributed by atoms with Crippen molar-refractivity contribution >= 4 is 11.8 Å². The molecule has 2 rings (SSSR count). The van der Waals surface area contributed by atoms with Gasteiger partial charge < -0.3 is 4.74 Å². The number of hydrogen-bond donors (Lipinski definition) is 0. The van der Waals surface area contributed by atoms with Crippen LogP contribution in [0.5, 0.6) is 0 Å². The van der Waals surface area contributed by atoms with Gasteiger partial charge in [-0.05, 0) is 31.4 Å². The summed E-state index contributed by atoms with van der Waals surface area (Å²) in [6, 6.07) is 0. The SMILES string of the molecule is CCCC[C@H]1C(=O)C(C)=C(C)[C@@]12CCC(=O)O2. The molecule has 1 saturated heterocycles. The molecule has 1 aliphatic carbocycles. The molecule has 1 aliphatic heterocycles. The van der Waals surface area contributed by atoms with Gasteiger partial charge in [-0.25, -0.2) is 0 Å². The van der Waals surface area contributed by atoms with Crippen LogP contribution in [0.2, 0.25) is 0 Å². The Morgan fingerprint density at radius 2 is 2.06 bits per heavy atom. The lowest BCUT2D eigenvalue weighted by Gasteiger charge is -2.30. The fourth-order valence-corrected chi connectivity index (χ4v) is 3.11. The maximum atomic E-state index is 12.2. The standard InChI is InChI=1S/C14H20O3/c1-4-5-6-11-13(16)9(2)10(3)14(11)8-7-12(15)17-14/h11H,4-8H2,1-3H3/t11-,14-/m0/s1. The van der Waals surface area contributed by atoms with E-state index in [0.717, 1.165) is 30.4 Å². The lowest BCUT2D eigenvalue weighted by atomic mass is 9.80. The number of ketones is 1. The number of rotatable bonds is 3. The Hall–Kier alpha value is -1.12. The number of carbonyl (C=O) groups is 2. The summed E-state index contributed by atoms with van der Waals surface area (Å²) in [6.45, 7) is 5.91. The molecule has 0 aromatic rings. The van der Waals surface area contributed by atoms with Crippen LogP contribution in [0, 0.1) is 5.92 Å². The van der Waals surface area contributed by atoms with E-state index in [-0.39, 0.29) is 17.7 Å². The predicted molar refractivity (Wildman–Crippen MR) is 64.5 cm³/mol. The maximum Gasteiger partial charge on any atom is 0.306 e. The first-order valence-corrected chi connectivity index (χ1v) is 6.47. The van der Waals surface area contributed by atoms with Crippen LogP contribution in [0.25, 0.3) is 0 Å². The van der Waals surface area contributed by atoms with Gasteiger partial charge in [-0.15, -0.1) is 0 Å². The smallest absolute Gasteiger partial charge is 0.306 e. The lowest BCUT2D eigenvalue weighted by Crippen LogP contribution is -2.38. The molecule has 2 aliphatic rings. The van der Waals surface area contributed by atoms with E-state index in [9.17, 15) is 9.59 Å². The van der Waals surface area contributed by atoms with Crippen molar-refractivity contribution in [2.24, 2.45) is 5.92 Å². The number of esters is 1. The van der Waals surface area contributed by atoms with Crippen molar-refractivity contribution in [2.75, 3.05) is 0 Å². The Kier molecular flexibility index (Phi) is 3.11. The molecule has 0 saturated carbocycles. The summed E-state index contributed by atoms with van der Waals surface area (Å²) in [6.07, 6.45) is 4.02. The van der Waals surface area contributed by atoms with Gasteiger partial charge in [0.1, 0.15) is 5.60 Å². The normalized spacial score (nSPS) is 32.8. The summed E-state index contributed by atoms with van der Waals surface area (Å²) < 4.78 is 5.55. The quantitative estimate of drug-likeness (QED) is 0.708. The summed E-state index contributed by atoms with van der Waals surface area (Å²) in [4.78, 5) is 23.7. The van der Waals surface area contributed by atoms with Gasteiger partial charge in [0.25, 0.3) is 0 Å². The van der Waals surface area contributed by atoms with Crippen LogP contribution < -0.4 is 0 Å². The molecule has 0 aromatic carbocycles. The number of unbranched alkanes of at least 4 members (excludes halogenated alkanes) is 1. The Morgan fingerprint density at radius 1 is 1.35 bits per heavy atom. The van der Waals surface area contributed by atoms with Crippen LogP contribution in [-0.2, 0) is 14.3 Å². The third-order valence-corrected chi connectivity index (χ3v) is 4.29. The highest BCUT2D eigenvalue weighted by Crippen LogP contribution is 2.49. The molecule has 1 fully saturated rings. The van der Waals surface area contributed by atoms with Crippen molar-refractivity contribution < 1.29 is 14.3 Å². The van der Waals surface area contributed by atoms with Gasteiger partial charge in [-0.2, -0.15) is 0 Å². The molecular formula is C14H20O3. The third kappa shape index (κ3) is 1.72. The first-order valence-electron chi connectivity index (χ1n) is 6.47. The van der Waals surface area contributed by atoms with Crippen molar-refractivity contribution in [1.29, 1.82) is 0 Å². The third-order valence-electron chi connectivity index (χ3n) is 4.29. The second-order valence-corrected chi connectivity index (χ2v) is 5.17. The van der Waals surface area contributed by atoms with Crippen LogP contribution in [0.15, 0.2) is 11.1 Å². The Labute approximate surface area is 102 Å². The molecular weight excluding hydrogens is 216 g/mol. The molecule has 1 spiro atoms. The van der Waals surface area contributed by atoms with E-state index in [1.165, 1.54) is 0 Å². The van der Waals surface area contributed by atoms with Crippen LogP contribution in [0.1, 0.15) is 52.9 Å². The van der Waals surface area contributed by atoms with Crippen molar-refractivity contribution in [3.63, 3.8) is 0 Å². The van der Waals surface area contributed by atoms with Crippen molar-refractivity contribution in [1.82, 2.24) is 0 Å². The molecule has 3 heteroatoms. The van der Waals surface area contributed by atoms with E-state index < -0.39 is 5.60 Å². The zero-order valence-electron chi connectivity index (χ0n) is 10.8. The van der Waals surface area contributed by atoms with E-state index in [1.54, 1.807) is 0 Å². The summed E-state index contributed by atoms with van der Waals surface area (Å²) in [5.41, 5.74) is 1.20. The second kappa shape index (κ2) is 4.28. The zero-order valence-corrected chi connectivity index (χ0v) is 10.8. The van der Waals surface area contributed by atoms with Gasteiger partial charge in [-0.3, -0.25) is 9.59 Å². The van der Waals surface area contributed by atoms with Gasteiger partial charge in [0.2, 0.25) is 0 Å². The van der Waals surface area contributed by atoms with Crippen molar-refractivity contribution in [2.45, 2.75) is 58.5 Å². The zero-order chi connectivity index (χ0) is 12.6. The molecule has 17 heavy (non-hydrogen) atoms. The highest BCUT2D eigenvalue weighted by Gasteiger charge is 2.55. The molecule has 1 heterocycles. The fourth-order valence-electron chi connectivity index (χ4n) is 3.11. The molecule has 0 N–H and O–H groups in total. The van der Waals surface area contributed by atoms with Crippen LogP contribution in [-0.4, -0.2) is 17.4 Å². The van der Waals surface area contributed by atoms with Crippen LogP contribution in [0.4, 0.5) is 0 Å². The summed E-state index contributed by atoms with van der Waals surface area (Å²) in [7, 11) is 0. The average molecular weight is 236 g/mol. The van der Waals surface area contributed by atoms with Crippen molar-refractivity contribution in [3.05, 3.63) is 11.1 Å². The monoisotopic (exact) mass is 236 g/mol. The van der Waals surface area contributed by atoms with Crippen LogP contribution >= 0.6 is 0 Å². The predicted octanol–water partition coefficient (Wildman–Crippen LogP) is 2.79. The first-order chi connectivity index (χ1) is 8.03. The maximum absolute atomic E-state index is 12.2. The van der Waals surface area contributed by atoms with E-state index >= 15 is 0 Å². The highest BCUT2D eigenvalue weighted by molar-refractivity contribution is 6.02. The number of allylic oxidation sites excluding steroid dienone is 1. The van der Waals surface area contributed by atoms with E-state index in [0.29, 0.717) is 12.8 Å². The van der Waals surface area contributed by atoms with E-state index in [2.05, 4.69) is 6.92 Å². The molecule has 0 radical (unpaired) electrons. The second-order valence-electron chi connectivity index (χ2n) is 5.17. The Balaban J connectivity index is 2.32. The lowest BCUT2D eigenvalue weighted by molar-refractivity contribution is -0.150. The topological polar surface area (TPSA) is 43.4 Å². The van der Waals surface area contributed by atoms with Gasteiger partial charge in [0.05, 0.1) is 5.92 Å². The first kappa shape index (κ1) is 12.3. The number of ether oxygens (including phenoxy) is 1. The molecule has 94 valence electrons. The van der Waals surface area contributed by atoms with Crippen LogP contribution in [0.3, 0.4) is 0 Å². The number of Topliss-reactive ketones (excluding diaryl/α,β-unsaturated/α-hetero) is 1. The molecule has 0 amide bonds. The minimum atomic E-state index is -0.590. The molecule has 0 bridgehead atoms. The average Bonchev–Trinajstić information content (AvgIpc) is 2.76. The highest BCUT2D eigenvalue weighted by atomic mass is 16.6.